The maximum absolute atomic E-state index is 10.7. The Labute approximate surface area is 64.5 Å². The lowest BCUT2D eigenvalue weighted by Gasteiger charge is -2.20. The van der Waals surface area contributed by atoms with Gasteiger partial charge in [-0.3, -0.25) is 4.79 Å². The Kier molecular flexibility index (Phi) is 3.64. The smallest absolute Gasteiger partial charge is 0.305 e. The van der Waals surface area contributed by atoms with Crippen molar-refractivity contribution in [1.82, 2.24) is 0 Å². The van der Waals surface area contributed by atoms with E-state index in [1.807, 2.05) is 13.8 Å². The molecule has 60 valence electrons. The van der Waals surface area contributed by atoms with Crippen molar-refractivity contribution in [3.8, 4) is 0 Å². The molecule has 0 aliphatic rings. The fourth-order valence-corrected chi connectivity index (χ4v) is 2.66. The van der Waals surface area contributed by atoms with Gasteiger partial charge in [-0.15, -0.1) is 0 Å². The maximum atomic E-state index is 10.7. The van der Waals surface area contributed by atoms with Gasteiger partial charge in [0, 0.05) is 9.52 Å². The number of aliphatic carboxylic acids is 1. The molecule has 3 heteroatoms. The van der Waals surface area contributed by atoms with E-state index in [0.717, 1.165) is 12.5 Å². The summed E-state index contributed by atoms with van der Waals surface area (Å²) >= 11 is 0. The molecule has 0 aromatic carbocycles. The van der Waals surface area contributed by atoms with Gasteiger partial charge >= 0.3 is 5.97 Å². The van der Waals surface area contributed by atoms with Gasteiger partial charge in [-0.2, -0.15) is 0 Å². The van der Waals surface area contributed by atoms with Crippen molar-refractivity contribution < 1.29 is 9.90 Å². The zero-order chi connectivity index (χ0) is 8.20. The molecule has 0 aliphatic heterocycles. The quantitative estimate of drug-likeness (QED) is 0.629. The molecule has 0 spiro atoms. The minimum atomic E-state index is -0.608. The summed E-state index contributed by atoms with van der Waals surface area (Å²) in [6.45, 7) is 5.89. The Balaban J connectivity index is 4.08. The van der Waals surface area contributed by atoms with Crippen LogP contribution in [0.5, 0.6) is 0 Å². The number of carboxylic acids is 1. The first kappa shape index (κ1) is 9.69. The molecule has 2 nitrogen and oxygen atoms in total. The van der Waals surface area contributed by atoms with E-state index in [1.165, 1.54) is 0 Å². The number of carboxylic acid groups (broad SMARTS) is 1. The Morgan fingerprint density at radius 1 is 1.60 bits per heavy atom. The summed E-state index contributed by atoms with van der Waals surface area (Å²) in [4.78, 5) is 10.7. The van der Waals surface area contributed by atoms with Crippen molar-refractivity contribution in [2.75, 3.05) is 0 Å². The molecule has 1 atom stereocenters. The largest absolute Gasteiger partial charge is 0.481 e. The lowest BCUT2D eigenvalue weighted by molar-refractivity contribution is -0.140. The van der Waals surface area contributed by atoms with Crippen LogP contribution < -0.4 is 0 Å². The molecule has 0 amide bonds. The predicted molar refractivity (Wildman–Crippen MR) is 45.3 cm³/mol. The summed E-state index contributed by atoms with van der Waals surface area (Å²) in [5.41, 5.74) is 0. The van der Waals surface area contributed by atoms with Crippen LogP contribution in [0.2, 0.25) is 11.1 Å². The van der Waals surface area contributed by atoms with E-state index < -0.39 is 15.5 Å². The van der Waals surface area contributed by atoms with E-state index in [9.17, 15) is 4.79 Å². The summed E-state index contributed by atoms with van der Waals surface area (Å²) in [6.07, 6.45) is 0.780. The first-order valence-corrected chi connectivity index (χ1v) is 5.51. The van der Waals surface area contributed by atoms with Crippen LogP contribution in [-0.4, -0.2) is 20.6 Å². The second kappa shape index (κ2) is 3.76. The highest BCUT2D eigenvalue weighted by Gasteiger charge is 2.29. The van der Waals surface area contributed by atoms with Crippen molar-refractivity contribution >= 4 is 15.5 Å². The van der Waals surface area contributed by atoms with Gasteiger partial charge in [-0.05, 0) is 6.42 Å². The monoisotopic (exact) mass is 160 g/mol. The average molecular weight is 160 g/mol. The number of rotatable bonds is 4. The van der Waals surface area contributed by atoms with Crippen molar-refractivity contribution in [1.29, 1.82) is 0 Å². The molecule has 0 aromatic heterocycles. The van der Waals surface area contributed by atoms with Gasteiger partial charge in [-0.1, -0.05) is 26.8 Å². The standard InChI is InChI=1S/C7H16O2Si/c1-4-7(3,6(8)9)10-5-2/h4-5,10H2,1-3H3,(H,8,9). The van der Waals surface area contributed by atoms with Gasteiger partial charge in [0.05, 0.1) is 5.04 Å². The van der Waals surface area contributed by atoms with Crippen LogP contribution in [0.4, 0.5) is 0 Å². The SMILES string of the molecule is CC[SiH2]C(C)(CC)C(=O)O. The van der Waals surface area contributed by atoms with Crippen LogP contribution in [0.3, 0.4) is 0 Å². The van der Waals surface area contributed by atoms with Gasteiger partial charge in [0.15, 0.2) is 0 Å². The topological polar surface area (TPSA) is 37.3 Å². The summed E-state index contributed by atoms with van der Waals surface area (Å²) in [6, 6.07) is 1.08. The highest BCUT2D eigenvalue weighted by atomic mass is 28.2. The minimum absolute atomic E-state index is 0.352. The second-order valence-electron chi connectivity index (χ2n) is 2.97. The Morgan fingerprint density at radius 2 is 2.10 bits per heavy atom. The normalized spacial score (nSPS) is 17.5. The third-order valence-electron chi connectivity index (χ3n) is 2.10. The summed E-state index contributed by atoms with van der Waals surface area (Å²) in [7, 11) is -0.408. The molecular weight excluding hydrogens is 144 g/mol. The Bertz CT molecular complexity index is 125. The molecule has 0 aromatic rings. The highest BCUT2D eigenvalue weighted by Crippen LogP contribution is 2.29. The highest BCUT2D eigenvalue weighted by molar-refractivity contribution is 6.46. The Hall–Kier alpha value is -0.313. The fourth-order valence-electron chi connectivity index (χ4n) is 0.987. The molecule has 0 radical (unpaired) electrons. The third-order valence-corrected chi connectivity index (χ3v) is 4.50. The lowest BCUT2D eigenvalue weighted by Crippen LogP contribution is -2.25. The van der Waals surface area contributed by atoms with Crippen LogP contribution in [0.1, 0.15) is 27.2 Å². The minimum Gasteiger partial charge on any atom is -0.481 e. The molecule has 0 saturated heterocycles. The zero-order valence-corrected chi connectivity index (χ0v) is 8.39. The third kappa shape index (κ3) is 2.14. The van der Waals surface area contributed by atoms with Crippen LogP contribution in [0.15, 0.2) is 0 Å². The van der Waals surface area contributed by atoms with Crippen molar-refractivity contribution in [3.05, 3.63) is 0 Å². The maximum Gasteiger partial charge on any atom is 0.305 e. The molecule has 10 heavy (non-hydrogen) atoms. The van der Waals surface area contributed by atoms with Crippen LogP contribution in [0, 0.1) is 0 Å². The molecule has 0 rings (SSSR count). The van der Waals surface area contributed by atoms with Gasteiger partial charge in [0.25, 0.3) is 0 Å². The van der Waals surface area contributed by atoms with E-state index >= 15 is 0 Å². The van der Waals surface area contributed by atoms with Gasteiger partial charge in [0.2, 0.25) is 0 Å². The van der Waals surface area contributed by atoms with Gasteiger partial charge < -0.3 is 5.11 Å². The molecule has 0 heterocycles. The summed E-state index contributed by atoms with van der Waals surface area (Å²) < 4.78 is 0. The number of carbonyl (C=O) groups is 1. The summed E-state index contributed by atoms with van der Waals surface area (Å²) in [5, 5.41) is 8.45. The van der Waals surface area contributed by atoms with E-state index in [0.29, 0.717) is 0 Å². The second-order valence-corrected chi connectivity index (χ2v) is 6.03. The summed E-state index contributed by atoms with van der Waals surface area (Å²) in [5.74, 6) is -0.608. The van der Waals surface area contributed by atoms with Crippen LogP contribution in [-0.2, 0) is 4.79 Å². The van der Waals surface area contributed by atoms with Crippen molar-refractivity contribution in [2.45, 2.75) is 38.3 Å². The molecule has 0 fully saturated rings. The first-order chi connectivity index (χ1) is 4.56. The number of hydrogen-bond donors (Lipinski definition) is 1. The average Bonchev–Trinajstić information content (AvgIpc) is 1.88. The van der Waals surface area contributed by atoms with Crippen LogP contribution >= 0.6 is 0 Å². The van der Waals surface area contributed by atoms with E-state index in [-0.39, 0.29) is 5.04 Å². The number of hydrogen-bond acceptors (Lipinski definition) is 1. The Morgan fingerprint density at radius 3 is 2.20 bits per heavy atom. The molecule has 1 unspecified atom stereocenters. The molecule has 0 bridgehead atoms. The van der Waals surface area contributed by atoms with E-state index in [2.05, 4.69) is 6.92 Å². The van der Waals surface area contributed by atoms with Gasteiger partial charge in [0.1, 0.15) is 0 Å². The lowest BCUT2D eigenvalue weighted by atomic mass is 10.1. The van der Waals surface area contributed by atoms with Crippen molar-refractivity contribution in [3.63, 3.8) is 0 Å². The molecule has 1 N–H and O–H groups in total. The molecule has 0 saturated carbocycles. The van der Waals surface area contributed by atoms with Crippen molar-refractivity contribution in [2.24, 2.45) is 0 Å². The fraction of sp³-hybridized carbons (Fsp3) is 0.857. The predicted octanol–water partition coefficient (Wildman–Crippen LogP) is 1.27. The van der Waals surface area contributed by atoms with Crippen LogP contribution in [0.25, 0.3) is 0 Å². The van der Waals surface area contributed by atoms with E-state index in [1.54, 1.807) is 0 Å². The van der Waals surface area contributed by atoms with E-state index in [4.69, 9.17) is 5.11 Å². The zero-order valence-electron chi connectivity index (χ0n) is 6.98. The van der Waals surface area contributed by atoms with Gasteiger partial charge in [-0.25, -0.2) is 0 Å². The molecular formula is C7H16O2Si. The molecule has 0 aliphatic carbocycles. The first-order valence-electron chi connectivity index (χ1n) is 3.80.